The van der Waals surface area contributed by atoms with E-state index in [0.29, 0.717) is 21.6 Å². The Hall–Kier alpha value is -3.39. The van der Waals surface area contributed by atoms with E-state index in [1.807, 2.05) is 56.3 Å². The average molecular weight is 579 g/mol. The number of benzene rings is 2. The molecule has 0 unspecified atom stereocenters. The Bertz CT molecular complexity index is 1570. The van der Waals surface area contributed by atoms with Crippen molar-refractivity contribution in [1.82, 2.24) is 14.9 Å². The number of hydrogen-bond acceptors (Lipinski definition) is 3. The van der Waals surface area contributed by atoms with Crippen molar-refractivity contribution in [3.63, 3.8) is 0 Å². The molecule has 6 nitrogen and oxygen atoms in total. The van der Waals surface area contributed by atoms with E-state index >= 15 is 0 Å². The van der Waals surface area contributed by atoms with Crippen molar-refractivity contribution in [2.45, 2.75) is 46.2 Å². The molecule has 200 valence electrons. The smallest absolute Gasteiger partial charge is 0.224 e. The van der Waals surface area contributed by atoms with Gasteiger partial charge in [0, 0.05) is 35.4 Å². The number of amides is 1. The molecule has 0 radical (unpaired) electrons. The fourth-order valence-electron chi connectivity index (χ4n) is 5.25. The number of carbonyl (C=O) groups is 1. The van der Waals surface area contributed by atoms with Crippen LogP contribution in [0, 0.1) is 20.8 Å². The topological polar surface area (TPSA) is 62.2 Å². The van der Waals surface area contributed by atoms with E-state index in [1.165, 1.54) is 0 Å². The second kappa shape index (κ2) is 11.0. The zero-order valence-corrected chi connectivity index (χ0v) is 24.5. The van der Waals surface area contributed by atoms with Crippen LogP contribution in [0.2, 0.25) is 10.0 Å². The summed E-state index contributed by atoms with van der Waals surface area (Å²) in [6.45, 7) is 7.97. The molecule has 2 aromatic heterocycles. The van der Waals surface area contributed by atoms with Gasteiger partial charge in [-0.3, -0.25) is 9.78 Å². The van der Waals surface area contributed by atoms with Crippen LogP contribution in [0.3, 0.4) is 0 Å². The average Bonchev–Trinajstić information content (AvgIpc) is 3.42. The molecule has 0 aliphatic carbocycles. The van der Waals surface area contributed by atoms with Gasteiger partial charge in [0.1, 0.15) is 0 Å². The van der Waals surface area contributed by atoms with Gasteiger partial charge in [0.25, 0.3) is 0 Å². The molecule has 3 heterocycles. The maximum atomic E-state index is 12.0. The molecule has 2 atom stereocenters. The van der Waals surface area contributed by atoms with Gasteiger partial charge in [-0.15, -0.1) is 0 Å². The molecule has 0 spiro atoms. The Labute approximate surface area is 244 Å². The number of pyridine rings is 1. The lowest BCUT2D eigenvalue weighted by Gasteiger charge is -2.29. The van der Waals surface area contributed by atoms with E-state index in [0.717, 1.165) is 45.3 Å². The quantitative estimate of drug-likeness (QED) is 0.231. The van der Waals surface area contributed by atoms with Gasteiger partial charge in [0.2, 0.25) is 5.91 Å². The second-order valence-corrected chi connectivity index (χ2v) is 10.8. The number of aryl methyl sites for hydroxylation is 2. The normalized spacial score (nSPS) is 16.9. The van der Waals surface area contributed by atoms with Crippen LogP contribution < -0.4 is 15.5 Å². The predicted molar refractivity (Wildman–Crippen MR) is 163 cm³/mol. The van der Waals surface area contributed by atoms with Gasteiger partial charge in [-0.1, -0.05) is 42.3 Å². The minimum atomic E-state index is -0.194. The van der Waals surface area contributed by atoms with Crippen LogP contribution in [-0.2, 0) is 4.79 Å². The molecule has 1 saturated heterocycles. The molecular formula is C30H29Cl2N5OS. The minimum Gasteiger partial charge on any atom is -0.351 e. The highest BCUT2D eigenvalue weighted by molar-refractivity contribution is 7.80. The lowest BCUT2D eigenvalue weighted by Crippen LogP contribution is -2.29. The first-order valence-electron chi connectivity index (χ1n) is 12.8. The molecule has 0 saturated carbocycles. The predicted octanol–water partition coefficient (Wildman–Crippen LogP) is 7.63. The fourth-order valence-corrected chi connectivity index (χ4v) is 5.97. The van der Waals surface area contributed by atoms with Crippen molar-refractivity contribution < 1.29 is 4.79 Å². The van der Waals surface area contributed by atoms with Gasteiger partial charge in [0.15, 0.2) is 5.11 Å². The Balaban J connectivity index is 1.65. The summed E-state index contributed by atoms with van der Waals surface area (Å²) in [5.74, 6) is -0.0237. The molecule has 5 rings (SSSR count). The number of thiocarbonyl (C=S) groups is 1. The molecule has 1 aliphatic heterocycles. The summed E-state index contributed by atoms with van der Waals surface area (Å²) in [4.78, 5) is 18.8. The molecule has 39 heavy (non-hydrogen) atoms. The number of nitrogens with zero attached hydrogens (tertiary/aromatic N) is 3. The maximum absolute atomic E-state index is 12.0. The fraction of sp³-hybridized carbons (Fsp3) is 0.233. The van der Waals surface area contributed by atoms with Gasteiger partial charge in [0.05, 0.1) is 33.5 Å². The first-order valence-corrected chi connectivity index (χ1v) is 13.9. The first-order chi connectivity index (χ1) is 18.7. The molecule has 1 fully saturated rings. The summed E-state index contributed by atoms with van der Waals surface area (Å²) in [5, 5.41) is 8.11. The summed E-state index contributed by atoms with van der Waals surface area (Å²) in [7, 11) is 0. The Morgan fingerprint density at radius 1 is 1.08 bits per heavy atom. The number of aromatic nitrogens is 2. The molecule has 2 aromatic carbocycles. The van der Waals surface area contributed by atoms with E-state index < -0.39 is 0 Å². The van der Waals surface area contributed by atoms with Crippen LogP contribution in [0.5, 0.6) is 0 Å². The van der Waals surface area contributed by atoms with E-state index in [1.54, 1.807) is 12.3 Å². The van der Waals surface area contributed by atoms with E-state index in [-0.39, 0.29) is 18.0 Å². The highest BCUT2D eigenvalue weighted by atomic mass is 35.5. The van der Waals surface area contributed by atoms with Crippen molar-refractivity contribution in [1.29, 1.82) is 0 Å². The van der Waals surface area contributed by atoms with Crippen LogP contribution in [0.15, 0.2) is 66.9 Å². The lowest BCUT2D eigenvalue weighted by atomic mass is 9.96. The second-order valence-electron chi connectivity index (χ2n) is 9.63. The van der Waals surface area contributed by atoms with E-state index in [2.05, 4.69) is 51.1 Å². The Morgan fingerprint density at radius 3 is 2.56 bits per heavy atom. The number of nitrogens with one attached hydrogen (secondary N) is 2. The van der Waals surface area contributed by atoms with E-state index in [4.69, 9.17) is 35.4 Å². The Morgan fingerprint density at radius 2 is 1.87 bits per heavy atom. The highest BCUT2D eigenvalue weighted by Crippen LogP contribution is 2.45. The van der Waals surface area contributed by atoms with Gasteiger partial charge in [-0.05, 0) is 92.6 Å². The molecular weight excluding hydrogens is 549 g/mol. The monoisotopic (exact) mass is 577 g/mol. The van der Waals surface area contributed by atoms with Crippen LogP contribution in [0.25, 0.3) is 5.69 Å². The third kappa shape index (κ3) is 5.02. The zero-order chi connectivity index (χ0) is 27.8. The van der Waals surface area contributed by atoms with Gasteiger partial charge in [-0.25, -0.2) is 0 Å². The lowest BCUT2D eigenvalue weighted by molar-refractivity contribution is -0.115. The number of rotatable bonds is 6. The first kappa shape index (κ1) is 27.2. The van der Waals surface area contributed by atoms with Gasteiger partial charge >= 0.3 is 0 Å². The molecule has 1 aliphatic rings. The third-order valence-corrected chi connectivity index (χ3v) is 8.27. The van der Waals surface area contributed by atoms with Crippen molar-refractivity contribution in [2.75, 3.05) is 10.2 Å². The summed E-state index contributed by atoms with van der Waals surface area (Å²) >= 11 is 19.0. The van der Waals surface area contributed by atoms with Crippen molar-refractivity contribution in [3.05, 3.63) is 105 Å². The number of hydrogen-bond donors (Lipinski definition) is 2. The number of carbonyl (C=O) groups excluding carboxylic acids is 1. The summed E-state index contributed by atoms with van der Waals surface area (Å²) in [6, 6.07) is 19.3. The third-order valence-electron chi connectivity index (χ3n) is 7.14. The summed E-state index contributed by atoms with van der Waals surface area (Å²) in [5.41, 5.74) is 7.53. The molecule has 4 aromatic rings. The number of halogens is 2. The molecule has 1 amide bonds. The molecule has 0 bridgehead atoms. The van der Waals surface area contributed by atoms with Gasteiger partial charge < -0.3 is 20.1 Å². The maximum Gasteiger partial charge on any atom is 0.224 e. The molecule has 9 heteroatoms. The number of anilines is 2. The summed E-state index contributed by atoms with van der Waals surface area (Å²) in [6.07, 6.45) is 2.21. The largest absolute Gasteiger partial charge is 0.351 e. The van der Waals surface area contributed by atoms with Gasteiger partial charge in [-0.2, -0.15) is 0 Å². The summed E-state index contributed by atoms with van der Waals surface area (Å²) < 4.78 is 2.13. The van der Waals surface area contributed by atoms with Crippen molar-refractivity contribution >= 4 is 57.8 Å². The van der Waals surface area contributed by atoms with Crippen LogP contribution in [0.4, 0.5) is 11.4 Å². The van der Waals surface area contributed by atoms with Crippen LogP contribution in [0.1, 0.15) is 53.6 Å². The standard InChI is InChI=1S/C30H29Cl2N5OS/c1-5-26(38)34-23-13-12-20(15-17(23)2)37-29(28(35-30(37)39)24-10-6-7-14-33-24)21-16-18(3)36(19(21)4)25-11-8-9-22(31)27(25)32/h6-16,28-29H,5H2,1-4H3,(H,34,38)(H,35,39)/t28-,29+/m0/s1. The Kier molecular flexibility index (Phi) is 7.67. The van der Waals surface area contributed by atoms with Crippen molar-refractivity contribution in [2.24, 2.45) is 0 Å². The zero-order valence-electron chi connectivity index (χ0n) is 22.1. The van der Waals surface area contributed by atoms with E-state index in [9.17, 15) is 4.79 Å². The minimum absolute atomic E-state index is 0.0237. The SMILES string of the molecule is CCC(=O)Nc1ccc(N2C(=S)N[C@@H](c3ccccn3)[C@H]2c2cc(C)n(-c3cccc(Cl)c3Cl)c2C)cc1C. The van der Waals surface area contributed by atoms with Crippen LogP contribution >= 0.6 is 35.4 Å². The highest BCUT2D eigenvalue weighted by Gasteiger charge is 2.42. The van der Waals surface area contributed by atoms with Crippen molar-refractivity contribution in [3.8, 4) is 5.69 Å². The molecule has 2 N–H and O–H groups in total. The van der Waals surface area contributed by atoms with Crippen LogP contribution in [-0.4, -0.2) is 20.6 Å².